The number of carbonyl (C=O) groups excluding carboxylic acids is 2. The van der Waals surface area contributed by atoms with Gasteiger partial charge in [-0.05, 0) is 63.4 Å². The number of nitrogens with one attached hydrogen (secondary N) is 1. The number of nitrogens with zero attached hydrogens (tertiary/aromatic N) is 2. The lowest BCUT2D eigenvalue weighted by Gasteiger charge is -2.33. The van der Waals surface area contributed by atoms with Crippen LogP contribution in [0.4, 0.5) is 16.2 Å². The van der Waals surface area contributed by atoms with Crippen molar-refractivity contribution in [1.29, 1.82) is 0 Å². The van der Waals surface area contributed by atoms with E-state index in [4.69, 9.17) is 4.74 Å². The number of hydrogen-bond acceptors (Lipinski definition) is 5. The molecule has 0 radical (unpaired) electrons. The predicted molar refractivity (Wildman–Crippen MR) is 152 cm³/mol. The van der Waals surface area contributed by atoms with Crippen LogP contribution in [0.2, 0.25) is 0 Å². The molecule has 0 aliphatic carbocycles. The Kier molecular flexibility index (Phi) is 8.60. The molecule has 206 valence electrons. The summed E-state index contributed by atoms with van der Waals surface area (Å²) in [5, 5.41) is 2.97. The van der Waals surface area contributed by atoms with Gasteiger partial charge < -0.3 is 15.0 Å². The van der Waals surface area contributed by atoms with Gasteiger partial charge in [-0.3, -0.25) is 9.10 Å². The van der Waals surface area contributed by atoms with E-state index in [1.165, 1.54) is 4.31 Å². The number of amides is 2. The lowest BCUT2D eigenvalue weighted by atomic mass is 9.96. The van der Waals surface area contributed by atoms with E-state index in [0.29, 0.717) is 37.3 Å². The van der Waals surface area contributed by atoms with E-state index >= 15 is 0 Å². The SMILES string of the molecule is CC(C)(C)OC(=O)N1CCC(C(=O)Nc2ccccc2N(Cc2ccccc2)S(=O)(=O)c2ccccc2)CC1. The van der Waals surface area contributed by atoms with Crippen LogP contribution in [0.3, 0.4) is 0 Å². The predicted octanol–water partition coefficient (Wildman–Crippen LogP) is 5.67. The average Bonchev–Trinajstić information content (AvgIpc) is 2.92. The van der Waals surface area contributed by atoms with E-state index in [9.17, 15) is 18.0 Å². The summed E-state index contributed by atoms with van der Waals surface area (Å²) in [5.41, 5.74) is 1.02. The number of sulfonamides is 1. The maximum absolute atomic E-state index is 13.8. The highest BCUT2D eigenvalue weighted by atomic mass is 32.2. The van der Waals surface area contributed by atoms with E-state index in [1.807, 2.05) is 51.1 Å². The van der Waals surface area contributed by atoms with E-state index in [0.717, 1.165) is 5.56 Å². The van der Waals surface area contributed by atoms with Crippen LogP contribution in [0.25, 0.3) is 0 Å². The third kappa shape index (κ3) is 7.17. The first-order chi connectivity index (χ1) is 18.5. The van der Waals surface area contributed by atoms with Gasteiger partial charge in [-0.25, -0.2) is 13.2 Å². The highest BCUT2D eigenvalue weighted by Gasteiger charge is 2.32. The van der Waals surface area contributed by atoms with Crippen molar-refractivity contribution in [2.45, 2.75) is 50.7 Å². The second-order valence-electron chi connectivity index (χ2n) is 10.6. The van der Waals surface area contributed by atoms with Crippen molar-refractivity contribution < 1.29 is 22.7 Å². The maximum atomic E-state index is 13.8. The Labute approximate surface area is 230 Å². The number of anilines is 2. The van der Waals surface area contributed by atoms with Gasteiger partial charge in [0.05, 0.1) is 22.8 Å². The molecule has 39 heavy (non-hydrogen) atoms. The van der Waals surface area contributed by atoms with Crippen LogP contribution in [0, 0.1) is 5.92 Å². The van der Waals surface area contributed by atoms with Crippen molar-refractivity contribution in [3.05, 3.63) is 90.5 Å². The second-order valence-corrected chi connectivity index (χ2v) is 12.4. The summed E-state index contributed by atoms with van der Waals surface area (Å²) in [6.45, 7) is 6.39. The molecule has 9 heteroatoms. The molecule has 8 nitrogen and oxygen atoms in total. The van der Waals surface area contributed by atoms with Gasteiger partial charge in [0, 0.05) is 19.0 Å². The van der Waals surface area contributed by atoms with Gasteiger partial charge in [-0.1, -0.05) is 60.7 Å². The van der Waals surface area contributed by atoms with Crippen LogP contribution in [-0.4, -0.2) is 44.0 Å². The lowest BCUT2D eigenvalue weighted by molar-refractivity contribution is -0.121. The van der Waals surface area contributed by atoms with Gasteiger partial charge in [0.2, 0.25) is 5.91 Å². The van der Waals surface area contributed by atoms with Gasteiger partial charge in [-0.2, -0.15) is 0 Å². The molecule has 0 saturated carbocycles. The maximum Gasteiger partial charge on any atom is 0.410 e. The molecule has 0 atom stereocenters. The quantitative estimate of drug-likeness (QED) is 0.410. The first-order valence-electron chi connectivity index (χ1n) is 13.0. The Morgan fingerprint density at radius 3 is 2.08 bits per heavy atom. The highest BCUT2D eigenvalue weighted by molar-refractivity contribution is 7.92. The van der Waals surface area contributed by atoms with E-state index in [-0.39, 0.29) is 29.4 Å². The molecule has 1 heterocycles. The molecule has 2 amide bonds. The number of piperidine rings is 1. The zero-order valence-corrected chi connectivity index (χ0v) is 23.4. The van der Waals surface area contributed by atoms with Gasteiger partial charge in [0.25, 0.3) is 10.0 Å². The Hall–Kier alpha value is -3.85. The fourth-order valence-corrected chi connectivity index (χ4v) is 5.94. The Balaban J connectivity index is 1.55. The number of hydrogen-bond donors (Lipinski definition) is 1. The number of rotatable bonds is 7. The number of ether oxygens (including phenoxy) is 1. The van der Waals surface area contributed by atoms with Crippen LogP contribution in [0.1, 0.15) is 39.2 Å². The number of para-hydroxylation sites is 2. The highest BCUT2D eigenvalue weighted by Crippen LogP contribution is 2.33. The first-order valence-corrected chi connectivity index (χ1v) is 14.5. The van der Waals surface area contributed by atoms with Gasteiger partial charge in [-0.15, -0.1) is 0 Å². The number of carbonyl (C=O) groups is 2. The molecule has 1 N–H and O–H groups in total. The summed E-state index contributed by atoms with van der Waals surface area (Å²) in [5.74, 6) is -0.520. The third-order valence-electron chi connectivity index (χ3n) is 6.45. The molecule has 0 unspecified atom stereocenters. The fraction of sp³-hybridized carbons (Fsp3) is 0.333. The molecule has 0 bridgehead atoms. The van der Waals surface area contributed by atoms with Crippen LogP contribution in [0.15, 0.2) is 89.8 Å². The van der Waals surface area contributed by atoms with E-state index in [1.54, 1.807) is 59.5 Å². The van der Waals surface area contributed by atoms with Crippen molar-refractivity contribution in [3.63, 3.8) is 0 Å². The number of benzene rings is 3. The van der Waals surface area contributed by atoms with Crippen LogP contribution in [-0.2, 0) is 26.1 Å². The van der Waals surface area contributed by atoms with Crippen molar-refractivity contribution in [2.24, 2.45) is 5.92 Å². The Bertz CT molecular complexity index is 1380. The summed E-state index contributed by atoms with van der Waals surface area (Å²) in [6.07, 6.45) is 0.599. The van der Waals surface area contributed by atoms with Gasteiger partial charge >= 0.3 is 6.09 Å². The van der Waals surface area contributed by atoms with Crippen LogP contribution < -0.4 is 9.62 Å². The minimum atomic E-state index is -3.94. The Morgan fingerprint density at radius 1 is 0.897 bits per heavy atom. The zero-order valence-electron chi connectivity index (χ0n) is 22.5. The minimum absolute atomic E-state index is 0.0965. The first kappa shape index (κ1) is 28.2. The number of likely N-dealkylation sites (tertiary alicyclic amines) is 1. The molecule has 0 spiro atoms. The van der Waals surface area contributed by atoms with Gasteiger partial charge in [0.1, 0.15) is 5.60 Å². The molecular weight excluding hydrogens is 514 g/mol. The van der Waals surface area contributed by atoms with Crippen LogP contribution >= 0.6 is 0 Å². The topological polar surface area (TPSA) is 96.0 Å². The summed E-state index contributed by atoms with van der Waals surface area (Å²) in [4.78, 5) is 27.5. The Morgan fingerprint density at radius 2 is 1.46 bits per heavy atom. The zero-order chi connectivity index (χ0) is 28.0. The summed E-state index contributed by atoms with van der Waals surface area (Å²) in [7, 11) is -3.94. The fourth-order valence-electron chi connectivity index (χ4n) is 4.45. The molecule has 1 aliphatic rings. The molecule has 1 saturated heterocycles. The monoisotopic (exact) mass is 549 g/mol. The molecule has 1 aliphatic heterocycles. The molecule has 1 fully saturated rings. The van der Waals surface area contributed by atoms with Crippen molar-refractivity contribution in [2.75, 3.05) is 22.7 Å². The van der Waals surface area contributed by atoms with Crippen molar-refractivity contribution >= 4 is 33.4 Å². The van der Waals surface area contributed by atoms with Gasteiger partial charge in [0.15, 0.2) is 0 Å². The molecule has 3 aromatic carbocycles. The normalized spacial score (nSPS) is 14.5. The van der Waals surface area contributed by atoms with Crippen molar-refractivity contribution in [3.8, 4) is 0 Å². The summed E-state index contributed by atoms with van der Waals surface area (Å²) >= 11 is 0. The van der Waals surface area contributed by atoms with Crippen molar-refractivity contribution in [1.82, 2.24) is 4.90 Å². The molecule has 3 aromatic rings. The third-order valence-corrected chi connectivity index (χ3v) is 8.22. The van der Waals surface area contributed by atoms with E-state index < -0.39 is 15.6 Å². The largest absolute Gasteiger partial charge is 0.444 e. The second kappa shape index (κ2) is 11.9. The smallest absolute Gasteiger partial charge is 0.410 e. The summed E-state index contributed by atoms with van der Waals surface area (Å²) < 4.78 is 34.5. The van der Waals surface area contributed by atoms with Crippen LogP contribution in [0.5, 0.6) is 0 Å². The standard InChI is InChI=1S/C30H35N3O5S/c1-30(2,3)38-29(35)32-20-18-24(19-21-32)28(34)31-26-16-10-11-17-27(26)33(22-23-12-6-4-7-13-23)39(36,37)25-14-8-5-9-15-25/h4-17,24H,18-22H2,1-3H3,(H,31,34). The molecule has 4 rings (SSSR count). The molecular formula is C30H35N3O5S. The van der Waals surface area contributed by atoms with E-state index in [2.05, 4.69) is 5.32 Å². The lowest BCUT2D eigenvalue weighted by Crippen LogP contribution is -2.43. The average molecular weight is 550 g/mol. The molecule has 0 aromatic heterocycles. The minimum Gasteiger partial charge on any atom is -0.444 e. The summed E-state index contributed by atoms with van der Waals surface area (Å²) in [6, 6.07) is 24.5.